The lowest BCUT2D eigenvalue weighted by atomic mass is 10.3. The van der Waals surface area contributed by atoms with Crippen LogP contribution >= 0.6 is 31.9 Å². The van der Waals surface area contributed by atoms with Crippen LogP contribution in [0.3, 0.4) is 0 Å². The smallest absolute Gasteiger partial charge is 0.277 e. The minimum Gasteiger partial charge on any atom is -0.303 e. The first-order valence-electron chi connectivity index (χ1n) is 4.61. The van der Waals surface area contributed by atoms with Crippen molar-refractivity contribution in [3.63, 3.8) is 0 Å². The van der Waals surface area contributed by atoms with Gasteiger partial charge in [0.15, 0.2) is 5.82 Å². The summed E-state index contributed by atoms with van der Waals surface area (Å²) in [5.41, 5.74) is -0.303. The van der Waals surface area contributed by atoms with E-state index < -0.39 is 5.91 Å². The summed E-state index contributed by atoms with van der Waals surface area (Å²) in [6.07, 6.45) is 1.45. The summed E-state index contributed by atoms with van der Waals surface area (Å²) in [6, 6.07) is 2.53. The third-order valence-corrected chi connectivity index (χ3v) is 2.78. The number of carbonyl (C=O) groups excluding carboxylic acids is 1. The zero-order valence-electron chi connectivity index (χ0n) is 8.65. The van der Waals surface area contributed by atoms with Crippen molar-refractivity contribution >= 4 is 43.6 Å². The van der Waals surface area contributed by atoms with Crippen LogP contribution < -0.4 is 10.9 Å². The molecular weight excluding hydrogens is 370 g/mol. The maximum Gasteiger partial charge on any atom is 0.277 e. The van der Waals surface area contributed by atoms with Crippen molar-refractivity contribution in [1.82, 2.24) is 20.2 Å². The molecule has 2 rings (SSSR count). The molecule has 0 radical (unpaired) electrons. The van der Waals surface area contributed by atoms with E-state index >= 15 is 0 Å². The molecule has 0 aromatic carbocycles. The monoisotopic (exact) mass is 373 g/mol. The quantitative estimate of drug-likeness (QED) is 0.825. The van der Waals surface area contributed by atoms with Crippen LogP contribution in [0.1, 0.15) is 10.5 Å². The normalized spacial score (nSPS) is 10.1. The van der Waals surface area contributed by atoms with E-state index in [1.54, 1.807) is 0 Å². The lowest BCUT2D eigenvalue weighted by Gasteiger charge is -2.04. The molecule has 0 aliphatic heterocycles. The van der Waals surface area contributed by atoms with Crippen LogP contribution in [0.5, 0.6) is 0 Å². The lowest BCUT2D eigenvalue weighted by Crippen LogP contribution is -2.18. The van der Waals surface area contributed by atoms with Crippen molar-refractivity contribution in [2.24, 2.45) is 0 Å². The van der Waals surface area contributed by atoms with Gasteiger partial charge in [-0.05, 0) is 37.9 Å². The van der Waals surface area contributed by atoms with Crippen molar-refractivity contribution in [3.05, 3.63) is 43.6 Å². The van der Waals surface area contributed by atoms with Crippen LogP contribution in [0.25, 0.3) is 0 Å². The third kappa shape index (κ3) is 2.99. The van der Waals surface area contributed by atoms with Crippen molar-refractivity contribution in [2.75, 3.05) is 5.32 Å². The average Bonchev–Trinajstić information content (AvgIpc) is 2.33. The fourth-order valence-corrected chi connectivity index (χ4v) is 1.98. The van der Waals surface area contributed by atoms with Crippen molar-refractivity contribution < 1.29 is 4.79 Å². The van der Waals surface area contributed by atoms with Gasteiger partial charge in [-0.15, -0.1) is 0 Å². The summed E-state index contributed by atoms with van der Waals surface area (Å²) >= 11 is 6.31. The molecule has 0 atom stereocenters. The molecule has 2 N–H and O–H groups in total. The van der Waals surface area contributed by atoms with Gasteiger partial charge in [-0.1, -0.05) is 0 Å². The standard InChI is InChI=1S/C9H5Br2N5O2/c10-5-3-12-8(7(11)13-5)14-9(18)4-1-2-6(17)16-15-4/h1-3H,(H,16,17)(H,12,14,18). The highest BCUT2D eigenvalue weighted by Crippen LogP contribution is 2.19. The number of hydrogen-bond acceptors (Lipinski definition) is 5. The Labute approximate surface area is 117 Å². The van der Waals surface area contributed by atoms with Gasteiger partial charge in [-0.3, -0.25) is 9.59 Å². The number of aromatic nitrogens is 4. The number of anilines is 1. The van der Waals surface area contributed by atoms with Gasteiger partial charge in [-0.25, -0.2) is 15.1 Å². The lowest BCUT2D eigenvalue weighted by molar-refractivity contribution is 0.102. The van der Waals surface area contributed by atoms with Crippen LogP contribution in [0.15, 0.2) is 32.3 Å². The Balaban J connectivity index is 2.21. The van der Waals surface area contributed by atoms with E-state index in [1.165, 1.54) is 18.3 Å². The molecule has 2 aromatic rings. The number of nitrogens with one attached hydrogen (secondary N) is 2. The summed E-state index contributed by atoms with van der Waals surface area (Å²) in [7, 11) is 0. The molecule has 9 heteroatoms. The molecule has 0 aliphatic rings. The van der Waals surface area contributed by atoms with Gasteiger partial charge in [0, 0.05) is 6.07 Å². The Morgan fingerprint density at radius 3 is 2.72 bits per heavy atom. The Hall–Kier alpha value is -1.61. The number of hydrogen-bond donors (Lipinski definition) is 2. The minimum atomic E-state index is -0.497. The van der Waals surface area contributed by atoms with E-state index in [-0.39, 0.29) is 17.1 Å². The molecule has 2 aromatic heterocycles. The van der Waals surface area contributed by atoms with Crippen LogP contribution in [0.2, 0.25) is 0 Å². The van der Waals surface area contributed by atoms with E-state index in [4.69, 9.17) is 0 Å². The van der Waals surface area contributed by atoms with Gasteiger partial charge in [0.2, 0.25) is 0 Å². The summed E-state index contributed by atoms with van der Waals surface area (Å²) in [4.78, 5) is 30.6. The highest BCUT2D eigenvalue weighted by atomic mass is 79.9. The van der Waals surface area contributed by atoms with E-state index in [9.17, 15) is 9.59 Å². The minimum absolute atomic E-state index is 0.0752. The first-order chi connectivity index (χ1) is 8.56. The molecule has 18 heavy (non-hydrogen) atoms. The molecule has 1 amide bonds. The number of H-pyrrole nitrogens is 1. The zero-order valence-corrected chi connectivity index (χ0v) is 11.8. The SMILES string of the molecule is O=C(Nc1ncc(Br)nc1Br)c1ccc(=O)[nH]n1. The van der Waals surface area contributed by atoms with Crippen molar-refractivity contribution in [2.45, 2.75) is 0 Å². The summed E-state index contributed by atoms with van der Waals surface area (Å²) < 4.78 is 0.921. The molecule has 0 fully saturated rings. The van der Waals surface area contributed by atoms with E-state index in [1.807, 2.05) is 0 Å². The fraction of sp³-hybridized carbons (Fsp3) is 0. The zero-order chi connectivity index (χ0) is 13.1. The predicted molar refractivity (Wildman–Crippen MR) is 70.2 cm³/mol. The second-order valence-electron chi connectivity index (χ2n) is 3.09. The van der Waals surface area contributed by atoms with Gasteiger partial charge in [-0.2, -0.15) is 5.10 Å². The van der Waals surface area contributed by atoms with E-state index in [2.05, 4.69) is 57.3 Å². The second kappa shape index (κ2) is 5.36. The van der Waals surface area contributed by atoms with Crippen LogP contribution in [0.4, 0.5) is 5.82 Å². The molecule has 0 saturated carbocycles. The molecule has 0 aliphatic carbocycles. The van der Waals surface area contributed by atoms with Gasteiger partial charge in [0.25, 0.3) is 11.5 Å². The van der Waals surface area contributed by atoms with Gasteiger partial charge in [0.05, 0.1) is 6.20 Å². The highest BCUT2D eigenvalue weighted by Gasteiger charge is 2.11. The maximum absolute atomic E-state index is 11.8. The number of aromatic amines is 1. The van der Waals surface area contributed by atoms with Gasteiger partial charge in [0.1, 0.15) is 14.9 Å². The molecule has 92 valence electrons. The molecule has 2 heterocycles. The van der Waals surface area contributed by atoms with Gasteiger partial charge < -0.3 is 5.32 Å². The van der Waals surface area contributed by atoms with Crippen molar-refractivity contribution in [3.8, 4) is 0 Å². The number of carbonyl (C=O) groups is 1. The first-order valence-corrected chi connectivity index (χ1v) is 6.20. The summed E-state index contributed by atoms with van der Waals surface area (Å²) in [5, 5.41) is 8.28. The highest BCUT2D eigenvalue weighted by molar-refractivity contribution is 9.11. The molecule has 0 unspecified atom stereocenters. The average molecular weight is 375 g/mol. The van der Waals surface area contributed by atoms with Crippen molar-refractivity contribution in [1.29, 1.82) is 0 Å². The molecular formula is C9H5Br2N5O2. The molecule has 7 nitrogen and oxygen atoms in total. The predicted octanol–water partition coefficient (Wildman–Crippen LogP) is 1.34. The Kier molecular flexibility index (Phi) is 3.82. The van der Waals surface area contributed by atoms with Gasteiger partial charge >= 0.3 is 0 Å². The van der Waals surface area contributed by atoms with Crippen LogP contribution in [-0.4, -0.2) is 26.1 Å². The number of amides is 1. The van der Waals surface area contributed by atoms with E-state index in [0.717, 1.165) is 0 Å². The number of rotatable bonds is 2. The molecule has 0 bridgehead atoms. The summed E-state index contributed by atoms with van der Waals surface area (Å²) in [6.45, 7) is 0. The maximum atomic E-state index is 11.8. The Morgan fingerprint density at radius 1 is 1.33 bits per heavy atom. The Bertz CT molecular complexity index is 637. The molecule has 0 spiro atoms. The van der Waals surface area contributed by atoms with Crippen LogP contribution in [0, 0.1) is 0 Å². The van der Waals surface area contributed by atoms with Crippen LogP contribution in [-0.2, 0) is 0 Å². The third-order valence-electron chi connectivity index (χ3n) is 1.84. The second-order valence-corrected chi connectivity index (χ2v) is 4.66. The Morgan fingerprint density at radius 2 is 2.11 bits per heavy atom. The molecule has 0 saturated heterocycles. The summed E-state index contributed by atoms with van der Waals surface area (Å²) in [5.74, 6) is -0.236. The number of nitrogens with zero attached hydrogens (tertiary/aromatic N) is 3. The fourth-order valence-electron chi connectivity index (χ4n) is 1.07. The van der Waals surface area contributed by atoms with E-state index in [0.29, 0.717) is 9.21 Å². The largest absolute Gasteiger partial charge is 0.303 e. The first kappa shape index (κ1) is 12.8. The number of halogens is 2. The topological polar surface area (TPSA) is 101 Å².